The molecule has 0 saturated carbocycles. The van der Waals surface area contributed by atoms with Crippen molar-refractivity contribution in [2.75, 3.05) is 13.1 Å². The van der Waals surface area contributed by atoms with E-state index in [1.807, 2.05) is 0 Å². The van der Waals surface area contributed by atoms with Crippen molar-refractivity contribution in [3.8, 4) is 0 Å². The van der Waals surface area contributed by atoms with Crippen LogP contribution in [0.4, 0.5) is 0 Å². The van der Waals surface area contributed by atoms with Crippen molar-refractivity contribution in [1.82, 2.24) is 4.90 Å². The van der Waals surface area contributed by atoms with Crippen molar-refractivity contribution in [2.45, 2.75) is 12.8 Å². The molecule has 0 atom stereocenters. The minimum Gasteiger partial charge on any atom is -0.550 e. The van der Waals surface area contributed by atoms with Crippen LogP contribution < -0.4 is 10.7 Å². The number of aliphatic carboxylic acids is 1. The monoisotopic (exact) mass is 300 g/mol. The smallest absolute Gasteiger partial charge is 0.349 e. The fourth-order valence-electron chi connectivity index (χ4n) is 2.70. The highest BCUT2D eigenvalue weighted by Crippen LogP contribution is 2.19. The number of hydrogen-bond donors (Lipinski definition) is 0. The lowest BCUT2D eigenvalue weighted by atomic mass is 9.96. The summed E-state index contributed by atoms with van der Waals surface area (Å²) in [5.41, 5.74) is -0.268. The zero-order valence-electron chi connectivity index (χ0n) is 11.8. The lowest BCUT2D eigenvalue weighted by Crippen LogP contribution is -2.44. The number of amides is 1. The molecule has 1 aliphatic rings. The molecule has 22 heavy (non-hydrogen) atoms. The number of likely N-dealkylation sites (tertiary alicyclic amines) is 1. The second-order valence-electron chi connectivity index (χ2n) is 5.37. The van der Waals surface area contributed by atoms with Gasteiger partial charge in [0.25, 0.3) is 5.91 Å². The van der Waals surface area contributed by atoms with Crippen molar-refractivity contribution >= 4 is 22.8 Å². The van der Waals surface area contributed by atoms with Gasteiger partial charge in [-0.3, -0.25) is 4.79 Å². The number of nitrogens with zero attached hydrogens (tertiary/aromatic N) is 1. The number of hydrogen-bond acceptors (Lipinski definition) is 5. The molecule has 6 heteroatoms. The van der Waals surface area contributed by atoms with Gasteiger partial charge in [-0.05, 0) is 25.0 Å². The van der Waals surface area contributed by atoms with Crippen LogP contribution in [0.15, 0.2) is 39.5 Å². The maximum Gasteiger partial charge on any atom is 0.349 e. The molecule has 1 amide bonds. The molecule has 0 N–H and O–H groups in total. The van der Waals surface area contributed by atoms with Gasteiger partial charge in [0, 0.05) is 30.4 Å². The van der Waals surface area contributed by atoms with Gasteiger partial charge in [-0.2, -0.15) is 0 Å². The number of benzene rings is 1. The highest BCUT2D eigenvalue weighted by atomic mass is 16.4. The van der Waals surface area contributed by atoms with Gasteiger partial charge in [-0.1, -0.05) is 18.2 Å². The number of carbonyl (C=O) groups excluding carboxylic acids is 2. The average molecular weight is 300 g/mol. The molecule has 3 rings (SSSR count). The van der Waals surface area contributed by atoms with Gasteiger partial charge in [-0.15, -0.1) is 0 Å². The number of para-hydroxylation sites is 1. The fourth-order valence-corrected chi connectivity index (χ4v) is 2.70. The van der Waals surface area contributed by atoms with Gasteiger partial charge in [-0.25, -0.2) is 4.79 Å². The number of carbonyl (C=O) groups is 2. The molecule has 6 nitrogen and oxygen atoms in total. The van der Waals surface area contributed by atoms with E-state index >= 15 is 0 Å². The standard InChI is InChI=1S/C16H15NO5/c18-14(17-7-5-10(6-8-17)15(19)20)12-9-11-3-1-2-4-13(11)22-16(12)21/h1-4,9-10H,5-8H2,(H,19,20)/p-1. The first-order chi connectivity index (χ1) is 10.6. The van der Waals surface area contributed by atoms with Crippen molar-refractivity contribution in [3.05, 3.63) is 46.3 Å². The van der Waals surface area contributed by atoms with Crippen molar-refractivity contribution in [1.29, 1.82) is 0 Å². The molecular formula is C16H14NO5-. The average Bonchev–Trinajstić information content (AvgIpc) is 2.53. The Morgan fingerprint density at radius 3 is 2.55 bits per heavy atom. The SMILES string of the molecule is O=C([O-])C1CCN(C(=O)c2cc3ccccc3oc2=O)CC1. The van der Waals surface area contributed by atoms with Crippen LogP contribution in [-0.4, -0.2) is 29.9 Å². The molecule has 1 aromatic heterocycles. The van der Waals surface area contributed by atoms with Crippen LogP contribution in [0.3, 0.4) is 0 Å². The summed E-state index contributed by atoms with van der Waals surface area (Å²) in [5, 5.41) is 11.5. The Hall–Kier alpha value is -2.63. The summed E-state index contributed by atoms with van der Waals surface area (Å²) in [6.07, 6.45) is 0.681. The van der Waals surface area contributed by atoms with Gasteiger partial charge in [0.1, 0.15) is 11.1 Å². The van der Waals surface area contributed by atoms with E-state index in [9.17, 15) is 19.5 Å². The molecule has 1 aliphatic heterocycles. The quantitative estimate of drug-likeness (QED) is 0.749. The minimum absolute atomic E-state index is 0.0226. The molecule has 114 valence electrons. The van der Waals surface area contributed by atoms with Gasteiger partial charge in [0.05, 0.1) is 0 Å². The maximum atomic E-state index is 12.4. The number of carboxylic acids is 1. The molecule has 1 fully saturated rings. The van der Waals surface area contributed by atoms with Gasteiger partial charge in [0.15, 0.2) is 0 Å². The maximum absolute atomic E-state index is 12.4. The van der Waals surface area contributed by atoms with Crippen LogP contribution in [0.25, 0.3) is 11.0 Å². The summed E-state index contributed by atoms with van der Waals surface area (Å²) in [5.74, 6) is -2.04. The fraction of sp³-hybridized carbons (Fsp3) is 0.312. The van der Waals surface area contributed by atoms with Crippen molar-refractivity contribution in [3.63, 3.8) is 0 Å². The van der Waals surface area contributed by atoms with Crippen LogP contribution in [0.2, 0.25) is 0 Å². The van der Waals surface area contributed by atoms with Crippen LogP contribution in [0.1, 0.15) is 23.2 Å². The van der Waals surface area contributed by atoms with E-state index in [0.29, 0.717) is 36.9 Å². The summed E-state index contributed by atoms with van der Waals surface area (Å²) >= 11 is 0. The summed E-state index contributed by atoms with van der Waals surface area (Å²) in [7, 11) is 0. The van der Waals surface area contributed by atoms with Crippen LogP contribution in [0, 0.1) is 5.92 Å². The lowest BCUT2D eigenvalue weighted by molar-refractivity contribution is -0.312. The molecular weight excluding hydrogens is 286 g/mol. The molecule has 0 aliphatic carbocycles. The Labute approximate surface area is 126 Å². The summed E-state index contributed by atoms with van der Waals surface area (Å²) in [4.78, 5) is 36.7. The van der Waals surface area contributed by atoms with E-state index in [0.717, 1.165) is 0 Å². The van der Waals surface area contributed by atoms with Crippen LogP contribution in [-0.2, 0) is 4.79 Å². The van der Waals surface area contributed by atoms with Gasteiger partial charge in [0.2, 0.25) is 0 Å². The zero-order chi connectivity index (χ0) is 15.7. The largest absolute Gasteiger partial charge is 0.550 e. The predicted octanol–water partition coefficient (Wildman–Crippen LogP) is 0.395. The summed E-state index contributed by atoms with van der Waals surface area (Å²) < 4.78 is 5.16. The molecule has 0 bridgehead atoms. The molecule has 0 unspecified atom stereocenters. The molecule has 1 saturated heterocycles. The van der Waals surface area contributed by atoms with Crippen LogP contribution >= 0.6 is 0 Å². The minimum atomic E-state index is -1.09. The van der Waals surface area contributed by atoms with E-state index in [-0.39, 0.29) is 5.56 Å². The number of piperidine rings is 1. The van der Waals surface area contributed by atoms with Crippen molar-refractivity contribution < 1.29 is 19.1 Å². The molecule has 1 aromatic carbocycles. The van der Waals surface area contributed by atoms with E-state index in [4.69, 9.17) is 4.42 Å². The van der Waals surface area contributed by atoms with E-state index in [1.165, 1.54) is 11.0 Å². The second-order valence-corrected chi connectivity index (χ2v) is 5.37. The number of rotatable bonds is 2. The first kappa shape index (κ1) is 14.3. The third-order valence-corrected chi connectivity index (χ3v) is 3.99. The Morgan fingerprint density at radius 1 is 1.18 bits per heavy atom. The normalized spacial score (nSPS) is 15.9. The number of fused-ring (bicyclic) bond motifs is 1. The highest BCUT2D eigenvalue weighted by Gasteiger charge is 2.26. The Balaban J connectivity index is 1.85. The van der Waals surface area contributed by atoms with Gasteiger partial charge < -0.3 is 19.2 Å². The first-order valence-electron chi connectivity index (χ1n) is 7.09. The van der Waals surface area contributed by atoms with E-state index in [1.54, 1.807) is 24.3 Å². The zero-order valence-corrected chi connectivity index (χ0v) is 11.8. The molecule has 2 heterocycles. The number of carboxylic acid groups (broad SMARTS) is 1. The topological polar surface area (TPSA) is 90.7 Å². The third kappa shape index (κ3) is 2.59. The predicted molar refractivity (Wildman–Crippen MR) is 76.1 cm³/mol. The molecule has 2 aromatic rings. The van der Waals surface area contributed by atoms with Crippen LogP contribution in [0.5, 0.6) is 0 Å². The van der Waals surface area contributed by atoms with Gasteiger partial charge >= 0.3 is 5.63 Å². The lowest BCUT2D eigenvalue weighted by Gasteiger charge is -2.32. The molecule has 0 spiro atoms. The van der Waals surface area contributed by atoms with Crippen molar-refractivity contribution in [2.24, 2.45) is 5.92 Å². The van der Waals surface area contributed by atoms with E-state index < -0.39 is 23.4 Å². The summed E-state index contributed by atoms with van der Waals surface area (Å²) in [6, 6.07) is 8.49. The summed E-state index contributed by atoms with van der Waals surface area (Å²) in [6.45, 7) is 0.591. The third-order valence-electron chi connectivity index (χ3n) is 3.99. The Bertz CT molecular complexity index is 786. The second kappa shape index (κ2) is 5.63. The van der Waals surface area contributed by atoms with E-state index in [2.05, 4.69) is 0 Å². The first-order valence-corrected chi connectivity index (χ1v) is 7.09. The highest BCUT2D eigenvalue weighted by molar-refractivity contribution is 5.96. The molecule has 0 radical (unpaired) electrons. The Kier molecular flexibility index (Phi) is 3.66. The Morgan fingerprint density at radius 2 is 1.86 bits per heavy atom.